The van der Waals surface area contributed by atoms with Crippen molar-refractivity contribution in [3.8, 4) is 5.75 Å². The molecule has 0 atom stereocenters. The molecule has 2 aromatic heterocycles. The fourth-order valence-corrected chi connectivity index (χ4v) is 3.10. The van der Waals surface area contributed by atoms with Crippen molar-refractivity contribution in [2.45, 2.75) is 13.2 Å². The number of pyridine rings is 1. The van der Waals surface area contributed by atoms with Crippen LogP contribution in [0.3, 0.4) is 0 Å². The van der Waals surface area contributed by atoms with Crippen molar-refractivity contribution in [2.24, 2.45) is 0 Å². The predicted molar refractivity (Wildman–Crippen MR) is 118 cm³/mol. The zero-order valence-corrected chi connectivity index (χ0v) is 16.9. The molecule has 4 rings (SSSR count). The normalized spacial score (nSPS) is 11.1. The third kappa shape index (κ3) is 5.27. The Morgan fingerprint density at radius 1 is 1.03 bits per heavy atom. The number of carbonyl (C=O) groups excluding carboxylic acids is 1. The van der Waals surface area contributed by atoms with Crippen molar-refractivity contribution >= 4 is 29.2 Å². The molecule has 1 amide bonds. The Hall–Kier alpha value is -3.57. The quantitative estimate of drug-likeness (QED) is 0.435. The van der Waals surface area contributed by atoms with E-state index >= 15 is 0 Å². The number of nitrogens with one attached hydrogen (secondary N) is 1. The first-order valence-corrected chi connectivity index (χ1v) is 9.89. The molecule has 4 aromatic rings. The maximum absolute atomic E-state index is 12.1. The van der Waals surface area contributed by atoms with E-state index in [2.05, 4.69) is 10.3 Å². The second-order valence-electron chi connectivity index (χ2n) is 6.74. The van der Waals surface area contributed by atoms with E-state index < -0.39 is 0 Å². The van der Waals surface area contributed by atoms with E-state index in [0.717, 1.165) is 28.2 Å². The Balaban J connectivity index is 1.27. The minimum absolute atomic E-state index is 0.186. The molecule has 1 N–H and O–H groups in total. The summed E-state index contributed by atoms with van der Waals surface area (Å²) in [7, 11) is 0. The molecule has 2 aromatic carbocycles. The van der Waals surface area contributed by atoms with Crippen LogP contribution in [0.2, 0.25) is 5.02 Å². The first kappa shape index (κ1) is 19.7. The lowest BCUT2D eigenvalue weighted by Crippen LogP contribution is -2.20. The molecule has 0 spiro atoms. The van der Waals surface area contributed by atoms with Crippen LogP contribution in [0, 0.1) is 0 Å². The molecule has 30 heavy (non-hydrogen) atoms. The second-order valence-corrected chi connectivity index (χ2v) is 7.18. The lowest BCUT2D eigenvalue weighted by molar-refractivity contribution is -0.116. The van der Waals surface area contributed by atoms with Crippen LogP contribution < -0.4 is 10.1 Å². The Kier molecular flexibility index (Phi) is 6.11. The molecular formula is C24H20ClN3O2. The van der Waals surface area contributed by atoms with Gasteiger partial charge in [0.2, 0.25) is 5.91 Å². The molecule has 0 unspecified atom stereocenters. The number of aromatic nitrogens is 2. The molecule has 5 nitrogen and oxygen atoms in total. The van der Waals surface area contributed by atoms with Gasteiger partial charge in [0, 0.05) is 18.5 Å². The Morgan fingerprint density at radius 2 is 1.83 bits per heavy atom. The van der Waals surface area contributed by atoms with Crippen molar-refractivity contribution in [1.82, 2.24) is 14.7 Å². The van der Waals surface area contributed by atoms with Gasteiger partial charge in [-0.05, 0) is 41.5 Å². The number of carbonyl (C=O) groups is 1. The first-order chi connectivity index (χ1) is 14.7. The highest BCUT2D eigenvalue weighted by Gasteiger charge is 2.03. The van der Waals surface area contributed by atoms with Crippen LogP contribution in [0.4, 0.5) is 0 Å². The van der Waals surface area contributed by atoms with Gasteiger partial charge >= 0.3 is 0 Å². The van der Waals surface area contributed by atoms with Gasteiger partial charge in [-0.2, -0.15) is 0 Å². The lowest BCUT2D eigenvalue weighted by Gasteiger charge is -2.06. The zero-order valence-electron chi connectivity index (χ0n) is 16.2. The summed E-state index contributed by atoms with van der Waals surface area (Å²) in [6.45, 7) is 0.864. The van der Waals surface area contributed by atoms with Crippen molar-refractivity contribution in [3.05, 3.63) is 107 Å². The minimum Gasteiger partial charge on any atom is -0.489 e. The number of imidazole rings is 1. The summed E-state index contributed by atoms with van der Waals surface area (Å²) < 4.78 is 7.61. The van der Waals surface area contributed by atoms with Gasteiger partial charge in [0.15, 0.2) is 0 Å². The molecule has 0 radical (unpaired) electrons. The molecule has 2 heterocycles. The van der Waals surface area contributed by atoms with Gasteiger partial charge in [-0.25, -0.2) is 4.98 Å². The van der Waals surface area contributed by atoms with E-state index in [1.54, 1.807) is 18.3 Å². The summed E-state index contributed by atoms with van der Waals surface area (Å²) >= 11 is 5.97. The number of nitrogens with zero attached hydrogens (tertiary/aromatic N) is 2. The summed E-state index contributed by atoms with van der Waals surface area (Å²) in [6.07, 6.45) is 6.90. The van der Waals surface area contributed by atoms with Gasteiger partial charge < -0.3 is 14.5 Å². The van der Waals surface area contributed by atoms with Gasteiger partial charge in [0.1, 0.15) is 18.0 Å². The van der Waals surface area contributed by atoms with Crippen LogP contribution >= 0.6 is 11.6 Å². The van der Waals surface area contributed by atoms with Crippen LogP contribution in [0.1, 0.15) is 16.8 Å². The van der Waals surface area contributed by atoms with Gasteiger partial charge in [0.05, 0.1) is 17.3 Å². The Bertz CT molecular complexity index is 1170. The molecule has 6 heteroatoms. The number of benzene rings is 2. The Labute approximate surface area is 179 Å². The van der Waals surface area contributed by atoms with Crippen LogP contribution in [-0.4, -0.2) is 15.3 Å². The van der Waals surface area contributed by atoms with Gasteiger partial charge in [0.25, 0.3) is 0 Å². The maximum atomic E-state index is 12.1. The summed E-state index contributed by atoms with van der Waals surface area (Å²) in [5, 5.41) is 3.47. The fourth-order valence-electron chi connectivity index (χ4n) is 2.93. The smallest absolute Gasteiger partial charge is 0.244 e. The van der Waals surface area contributed by atoms with Gasteiger partial charge in [-0.3, -0.25) is 4.79 Å². The molecule has 0 aliphatic rings. The second kappa shape index (κ2) is 9.29. The molecule has 0 aliphatic carbocycles. The third-order valence-electron chi connectivity index (χ3n) is 4.46. The largest absolute Gasteiger partial charge is 0.489 e. The van der Waals surface area contributed by atoms with Crippen molar-refractivity contribution in [1.29, 1.82) is 0 Å². The zero-order chi connectivity index (χ0) is 20.8. The lowest BCUT2D eigenvalue weighted by atomic mass is 10.2. The number of fused-ring (bicyclic) bond motifs is 1. The molecule has 150 valence electrons. The van der Waals surface area contributed by atoms with E-state index in [-0.39, 0.29) is 5.91 Å². The van der Waals surface area contributed by atoms with E-state index in [1.165, 1.54) is 6.08 Å². The average Bonchev–Trinajstić information content (AvgIpc) is 3.18. The highest BCUT2D eigenvalue weighted by molar-refractivity contribution is 6.30. The molecule has 0 bridgehead atoms. The summed E-state index contributed by atoms with van der Waals surface area (Å²) in [5.74, 6) is 0.599. The summed E-state index contributed by atoms with van der Waals surface area (Å²) in [4.78, 5) is 16.6. The summed E-state index contributed by atoms with van der Waals surface area (Å²) in [6, 6.07) is 21.2. The predicted octanol–water partition coefficient (Wildman–Crippen LogP) is 4.90. The van der Waals surface area contributed by atoms with Crippen LogP contribution in [0.15, 0.2) is 85.2 Å². The molecule has 0 saturated heterocycles. The summed E-state index contributed by atoms with van der Waals surface area (Å²) in [5.41, 5.74) is 3.58. The third-order valence-corrected chi connectivity index (χ3v) is 4.69. The number of halogens is 1. The minimum atomic E-state index is -0.186. The van der Waals surface area contributed by atoms with Crippen molar-refractivity contribution in [2.75, 3.05) is 0 Å². The number of amides is 1. The first-order valence-electron chi connectivity index (χ1n) is 9.51. The standard InChI is InChI=1S/C24H20ClN3O2/c25-20-9-12-23-27-21(16-28(23)15-20)14-26-24(29)13-8-18-6-10-22(11-7-18)30-17-19-4-2-1-3-5-19/h1-13,15-16H,14,17H2,(H,26,29)/b13-8+. The SMILES string of the molecule is O=C(/C=C/c1ccc(OCc2ccccc2)cc1)NCc1cn2cc(Cl)ccc2n1. The van der Waals surface area contributed by atoms with Crippen molar-refractivity contribution in [3.63, 3.8) is 0 Å². The van der Waals surface area contributed by atoms with E-state index in [9.17, 15) is 4.79 Å². The Morgan fingerprint density at radius 3 is 2.63 bits per heavy atom. The molecule has 0 fully saturated rings. The molecular weight excluding hydrogens is 398 g/mol. The van der Waals surface area contributed by atoms with Crippen LogP contribution in [-0.2, 0) is 17.9 Å². The number of ether oxygens (including phenoxy) is 1. The number of rotatable bonds is 7. The van der Waals surface area contributed by atoms with E-state index in [4.69, 9.17) is 16.3 Å². The molecule has 0 saturated carbocycles. The van der Waals surface area contributed by atoms with Gasteiger partial charge in [-0.15, -0.1) is 0 Å². The monoisotopic (exact) mass is 417 g/mol. The number of hydrogen-bond acceptors (Lipinski definition) is 3. The maximum Gasteiger partial charge on any atom is 0.244 e. The van der Waals surface area contributed by atoms with E-state index in [0.29, 0.717) is 18.2 Å². The fraction of sp³-hybridized carbons (Fsp3) is 0.0833. The van der Waals surface area contributed by atoms with Gasteiger partial charge in [-0.1, -0.05) is 54.1 Å². The highest BCUT2D eigenvalue weighted by atomic mass is 35.5. The topological polar surface area (TPSA) is 55.6 Å². The average molecular weight is 418 g/mol. The van der Waals surface area contributed by atoms with E-state index in [1.807, 2.05) is 71.3 Å². The van der Waals surface area contributed by atoms with Crippen LogP contribution in [0.5, 0.6) is 5.75 Å². The van der Waals surface area contributed by atoms with Crippen LogP contribution in [0.25, 0.3) is 11.7 Å². The highest BCUT2D eigenvalue weighted by Crippen LogP contribution is 2.15. The van der Waals surface area contributed by atoms with Crippen molar-refractivity contribution < 1.29 is 9.53 Å². The molecule has 0 aliphatic heterocycles. The number of hydrogen-bond donors (Lipinski definition) is 1.